The first-order chi connectivity index (χ1) is 11.2. The van der Waals surface area contributed by atoms with Crippen LogP contribution in [0.2, 0.25) is 0 Å². The highest BCUT2D eigenvalue weighted by molar-refractivity contribution is 7.89. The van der Waals surface area contributed by atoms with Crippen LogP contribution in [0.15, 0.2) is 29.2 Å². The molecule has 1 aromatic rings. The Hall–Kier alpha value is -1.44. The molecule has 0 saturated carbocycles. The van der Waals surface area contributed by atoms with Gasteiger partial charge >= 0.3 is 0 Å². The first-order valence-corrected chi connectivity index (χ1v) is 9.77. The van der Waals surface area contributed by atoms with Gasteiger partial charge in [-0.05, 0) is 57.5 Å². The lowest BCUT2D eigenvalue weighted by Crippen LogP contribution is -2.48. The minimum atomic E-state index is -3.59. The smallest absolute Gasteiger partial charge is 0.251 e. The lowest BCUT2D eigenvalue weighted by Gasteiger charge is -2.30. The van der Waals surface area contributed by atoms with E-state index in [0.717, 1.165) is 19.5 Å². The van der Waals surface area contributed by atoms with E-state index in [0.29, 0.717) is 11.5 Å². The van der Waals surface area contributed by atoms with E-state index in [9.17, 15) is 13.2 Å². The van der Waals surface area contributed by atoms with Crippen LogP contribution in [0, 0.1) is 5.92 Å². The molecule has 2 N–H and O–H groups in total. The van der Waals surface area contributed by atoms with Crippen molar-refractivity contribution in [3.8, 4) is 0 Å². The summed E-state index contributed by atoms with van der Waals surface area (Å²) in [4.78, 5) is 12.6. The number of piperidine rings is 1. The molecule has 0 spiro atoms. The largest absolute Gasteiger partial charge is 0.349 e. The van der Waals surface area contributed by atoms with Gasteiger partial charge in [-0.25, -0.2) is 8.42 Å². The van der Waals surface area contributed by atoms with E-state index in [2.05, 4.69) is 17.6 Å². The molecule has 2 atom stereocenters. The molecule has 2 unspecified atom stereocenters. The summed E-state index contributed by atoms with van der Waals surface area (Å²) >= 11 is 0. The summed E-state index contributed by atoms with van der Waals surface area (Å²) < 4.78 is 26.5. The lowest BCUT2D eigenvalue weighted by atomic mass is 9.95. The normalized spacial score (nSPS) is 21.9. The molecule has 0 bridgehead atoms. The Morgan fingerprint density at radius 2 is 2.08 bits per heavy atom. The van der Waals surface area contributed by atoms with E-state index >= 15 is 0 Å². The number of nitrogens with zero attached hydrogens (tertiary/aromatic N) is 1. The first kappa shape index (κ1) is 18.9. The number of nitrogens with one attached hydrogen (secondary N) is 2. The standard InChI is InChI=1S/C17H27N3O3S/c1-12(2)20(4)24(22,23)15-7-5-6-14(10-15)17(21)19-16-8-9-18-11-13(16)3/h5-7,10,12-13,16,18H,8-9,11H2,1-4H3,(H,19,21). The van der Waals surface area contributed by atoms with Crippen molar-refractivity contribution in [2.45, 2.75) is 44.2 Å². The van der Waals surface area contributed by atoms with Crippen LogP contribution in [-0.2, 0) is 10.0 Å². The second-order valence-electron chi connectivity index (χ2n) is 6.69. The number of hydrogen-bond donors (Lipinski definition) is 2. The zero-order valence-corrected chi connectivity index (χ0v) is 15.6. The predicted molar refractivity (Wildman–Crippen MR) is 94.4 cm³/mol. The molecular formula is C17H27N3O3S. The highest BCUT2D eigenvalue weighted by Crippen LogP contribution is 2.18. The van der Waals surface area contributed by atoms with Crippen molar-refractivity contribution in [1.82, 2.24) is 14.9 Å². The van der Waals surface area contributed by atoms with Crippen LogP contribution in [0.1, 0.15) is 37.6 Å². The molecule has 0 aromatic heterocycles. The quantitative estimate of drug-likeness (QED) is 0.840. The summed E-state index contributed by atoms with van der Waals surface area (Å²) in [5.74, 6) is 0.125. The Morgan fingerprint density at radius 1 is 1.38 bits per heavy atom. The summed E-state index contributed by atoms with van der Waals surface area (Å²) in [5, 5.41) is 6.32. The van der Waals surface area contributed by atoms with Crippen LogP contribution in [-0.4, -0.2) is 50.9 Å². The fourth-order valence-electron chi connectivity index (χ4n) is 2.72. The summed E-state index contributed by atoms with van der Waals surface area (Å²) in [6, 6.07) is 6.20. The fraction of sp³-hybridized carbons (Fsp3) is 0.588. The van der Waals surface area contributed by atoms with Gasteiger partial charge < -0.3 is 10.6 Å². The van der Waals surface area contributed by atoms with Gasteiger partial charge in [0.25, 0.3) is 5.91 Å². The third-order valence-electron chi connectivity index (χ3n) is 4.60. The van der Waals surface area contributed by atoms with Gasteiger partial charge in [0.15, 0.2) is 0 Å². The van der Waals surface area contributed by atoms with Gasteiger partial charge in [-0.2, -0.15) is 4.31 Å². The Morgan fingerprint density at radius 3 is 2.71 bits per heavy atom. The first-order valence-electron chi connectivity index (χ1n) is 8.33. The molecule has 24 heavy (non-hydrogen) atoms. The van der Waals surface area contributed by atoms with Gasteiger partial charge in [0.2, 0.25) is 10.0 Å². The average Bonchev–Trinajstić information content (AvgIpc) is 2.56. The maximum atomic E-state index is 12.6. The minimum Gasteiger partial charge on any atom is -0.349 e. The van der Waals surface area contributed by atoms with E-state index in [-0.39, 0.29) is 22.9 Å². The van der Waals surface area contributed by atoms with Crippen LogP contribution in [0.4, 0.5) is 0 Å². The van der Waals surface area contributed by atoms with E-state index in [1.54, 1.807) is 19.2 Å². The molecule has 1 amide bonds. The summed E-state index contributed by atoms with van der Waals surface area (Å²) in [6.45, 7) is 7.47. The molecular weight excluding hydrogens is 326 g/mol. The fourth-order valence-corrected chi connectivity index (χ4v) is 4.14. The van der Waals surface area contributed by atoms with Crippen molar-refractivity contribution in [3.63, 3.8) is 0 Å². The van der Waals surface area contributed by atoms with E-state index < -0.39 is 10.0 Å². The minimum absolute atomic E-state index is 0.109. The number of rotatable bonds is 5. The third kappa shape index (κ3) is 4.15. The number of amides is 1. The molecule has 1 aromatic carbocycles. The van der Waals surface area contributed by atoms with E-state index in [1.807, 2.05) is 13.8 Å². The number of carbonyl (C=O) groups excluding carboxylic acids is 1. The predicted octanol–water partition coefficient (Wildman–Crippen LogP) is 1.44. The maximum Gasteiger partial charge on any atom is 0.251 e. The lowest BCUT2D eigenvalue weighted by molar-refractivity contribution is 0.0914. The average molecular weight is 353 g/mol. The Labute approximate surface area is 144 Å². The molecule has 0 aliphatic carbocycles. The van der Waals surface area contributed by atoms with Crippen LogP contribution >= 0.6 is 0 Å². The van der Waals surface area contributed by atoms with Crippen molar-refractivity contribution in [1.29, 1.82) is 0 Å². The summed E-state index contributed by atoms with van der Waals surface area (Å²) in [6.07, 6.45) is 0.876. The van der Waals surface area contributed by atoms with Gasteiger partial charge in [-0.3, -0.25) is 4.79 Å². The van der Waals surface area contributed by atoms with Gasteiger partial charge in [0.05, 0.1) is 4.90 Å². The Balaban J connectivity index is 2.19. The van der Waals surface area contributed by atoms with Crippen molar-refractivity contribution < 1.29 is 13.2 Å². The molecule has 7 heteroatoms. The Kier molecular flexibility index (Phi) is 6.01. The van der Waals surface area contributed by atoms with Crippen molar-refractivity contribution in [2.75, 3.05) is 20.1 Å². The molecule has 1 fully saturated rings. The second-order valence-corrected chi connectivity index (χ2v) is 8.69. The highest BCUT2D eigenvalue weighted by atomic mass is 32.2. The van der Waals surface area contributed by atoms with E-state index in [4.69, 9.17) is 0 Å². The molecule has 1 aliphatic rings. The van der Waals surface area contributed by atoms with Gasteiger partial charge in [-0.15, -0.1) is 0 Å². The van der Waals surface area contributed by atoms with Crippen molar-refractivity contribution in [3.05, 3.63) is 29.8 Å². The number of benzene rings is 1. The molecule has 1 aliphatic heterocycles. The summed E-state index contributed by atoms with van der Waals surface area (Å²) in [5.41, 5.74) is 0.374. The van der Waals surface area contributed by atoms with Crippen molar-refractivity contribution in [2.24, 2.45) is 5.92 Å². The van der Waals surface area contributed by atoms with Crippen LogP contribution in [0.5, 0.6) is 0 Å². The number of hydrogen-bond acceptors (Lipinski definition) is 4. The Bertz CT molecular complexity index is 688. The zero-order valence-electron chi connectivity index (χ0n) is 14.7. The SMILES string of the molecule is CC1CNCCC1NC(=O)c1cccc(S(=O)(=O)N(C)C(C)C)c1. The highest BCUT2D eigenvalue weighted by Gasteiger charge is 2.26. The molecule has 134 valence electrons. The topological polar surface area (TPSA) is 78.5 Å². The van der Waals surface area contributed by atoms with Crippen molar-refractivity contribution >= 4 is 15.9 Å². The number of sulfonamides is 1. The van der Waals surface area contributed by atoms with Gasteiger partial charge in [-0.1, -0.05) is 13.0 Å². The third-order valence-corrected chi connectivity index (χ3v) is 6.63. The molecule has 1 saturated heterocycles. The zero-order chi connectivity index (χ0) is 17.9. The van der Waals surface area contributed by atoms with Gasteiger partial charge in [0, 0.05) is 24.7 Å². The number of carbonyl (C=O) groups is 1. The van der Waals surface area contributed by atoms with Crippen LogP contribution < -0.4 is 10.6 Å². The molecule has 2 rings (SSSR count). The molecule has 1 heterocycles. The maximum absolute atomic E-state index is 12.6. The monoisotopic (exact) mass is 353 g/mol. The summed E-state index contributed by atoms with van der Waals surface area (Å²) in [7, 11) is -2.05. The van der Waals surface area contributed by atoms with Gasteiger partial charge in [0.1, 0.15) is 0 Å². The van der Waals surface area contributed by atoms with E-state index in [1.165, 1.54) is 16.4 Å². The van der Waals surface area contributed by atoms with Crippen LogP contribution in [0.25, 0.3) is 0 Å². The molecule has 6 nitrogen and oxygen atoms in total. The second kappa shape index (κ2) is 7.63. The van der Waals surface area contributed by atoms with Crippen LogP contribution in [0.3, 0.4) is 0 Å². The molecule has 0 radical (unpaired) electrons.